The van der Waals surface area contributed by atoms with E-state index >= 15 is 0 Å². The van der Waals surface area contributed by atoms with Crippen molar-refractivity contribution in [1.29, 1.82) is 0 Å². The summed E-state index contributed by atoms with van der Waals surface area (Å²) in [5.74, 6) is -0.438. The molecule has 6 heteroatoms. The summed E-state index contributed by atoms with van der Waals surface area (Å²) in [4.78, 5) is 27.8. The number of anilines is 1. The molecule has 114 valence electrons. The molecular weight excluding hydrogens is 290 g/mol. The molecular formula is C15H20ClN3O2. The van der Waals surface area contributed by atoms with Crippen LogP contribution in [0.15, 0.2) is 24.3 Å². The molecule has 1 atom stereocenters. The van der Waals surface area contributed by atoms with Crippen molar-refractivity contribution in [3.8, 4) is 0 Å². The Labute approximate surface area is 129 Å². The Balaban J connectivity index is 1.96. The molecule has 2 amide bonds. The van der Waals surface area contributed by atoms with Crippen molar-refractivity contribution < 1.29 is 9.59 Å². The fourth-order valence-corrected chi connectivity index (χ4v) is 2.57. The van der Waals surface area contributed by atoms with E-state index in [1.165, 1.54) is 0 Å². The lowest BCUT2D eigenvalue weighted by Crippen LogP contribution is -2.36. The third-order valence-corrected chi connectivity index (χ3v) is 3.82. The summed E-state index contributed by atoms with van der Waals surface area (Å²) in [5.41, 5.74) is 0.674. The first kappa shape index (κ1) is 15.8. The molecule has 1 saturated heterocycles. The van der Waals surface area contributed by atoms with Crippen molar-refractivity contribution in [1.82, 2.24) is 10.2 Å². The first-order valence-electron chi connectivity index (χ1n) is 6.96. The monoisotopic (exact) mass is 309 g/mol. The summed E-state index contributed by atoms with van der Waals surface area (Å²) in [6.45, 7) is 1.75. The number of hydrogen-bond donors (Lipinski definition) is 1. The maximum Gasteiger partial charge on any atom is 0.227 e. The van der Waals surface area contributed by atoms with E-state index in [4.69, 9.17) is 11.6 Å². The molecule has 0 aromatic heterocycles. The average Bonchev–Trinajstić information content (AvgIpc) is 2.81. The van der Waals surface area contributed by atoms with Crippen LogP contribution in [0.1, 0.15) is 6.42 Å². The molecule has 0 aliphatic carbocycles. The van der Waals surface area contributed by atoms with Crippen molar-refractivity contribution >= 4 is 29.1 Å². The number of nitrogens with one attached hydrogen (secondary N) is 1. The van der Waals surface area contributed by atoms with Gasteiger partial charge in [0.25, 0.3) is 0 Å². The fourth-order valence-electron chi connectivity index (χ4n) is 2.33. The molecule has 1 aromatic rings. The Morgan fingerprint density at radius 3 is 2.81 bits per heavy atom. The molecule has 2 rings (SSSR count). The number of hydrogen-bond acceptors (Lipinski definition) is 3. The zero-order chi connectivity index (χ0) is 15.4. The van der Waals surface area contributed by atoms with Gasteiger partial charge in [-0.2, -0.15) is 0 Å². The summed E-state index contributed by atoms with van der Waals surface area (Å²) in [6.07, 6.45) is 0.235. The van der Waals surface area contributed by atoms with Gasteiger partial charge in [0.2, 0.25) is 11.8 Å². The molecule has 21 heavy (non-hydrogen) atoms. The minimum Gasteiger partial charge on any atom is -0.355 e. The van der Waals surface area contributed by atoms with Gasteiger partial charge >= 0.3 is 0 Å². The summed E-state index contributed by atoms with van der Waals surface area (Å²) < 4.78 is 0. The first-order chi connectivity index (χ1) is 9.99. The van der Waals surface area contributed by atoms with E-state index in [1.807, 2.05) is 31.1 Å². The molecule has 1 aliphatic rings. The summed E-state index contributed by atoms with van der Waals surface area (Å²) >= 11 is 6.12. The number of para-hydroxylation sites is 1. The molecule has 1 heterocycles. The van der Waals surface area contributed by atoms with E-state index in [9.17, 15) is 9.59 Å². The number of halogens is 1. The minimum atomic E-state index is -0.309. The Bertz CT molecular complexity index is 533. The van der Waals surface area contributed by atoms with Crippen molar-refractivity contribution in [2.45, 2.75) is 6.42 Å². The first-order valence-corrected chi connectivity index (χ1v) is 7.34. The van der Waals surface area contributed by atoms with Crippen LogP contribution in [0.4, 0.5) is 5.69 Å². The number of carbonyl (C=O) groups excluding carboxylic acids is 2. The van der Waals surface area contributed by atoms with E-state index in [0.717, 1.165) is 6.54 Å². The van der Waals surface area contributed by atoms with Crippen molar-refractivity contribution in [3.63, 3.8) is 0 Å². The Hall–Kier alpha value is -1.59. The van der Waals surface area contributed by atoms with Gasteiger partial charge in [-0.3, -0.25) is 9.59 Å². The van der Waals surface area contributed by atoms with E-state index in [-0.39, 0.29) is 24.2 Å². The van der Waals surface area contributed by atoms with Crippen LogP contribution in [-0.2, 0) is 9.59 Å². The van der Waals surface area contributed by atoms with E-state index in [0.29, 0.717) is 23.8 Å². The van der Waals surface area contributed by atoms with E-state index in [1.54, 1.807) is 17.0 Å². The van der Waals surface area contributed by atoms with Crippen LogP contribution in [0.5, 0.6) is 0 Å². The lowest BCUT2D eigenvalue weighted by molar-refractivity contribution is -0.126. The Morgan fingerprint density at radius 2 is 2.14 bits per heavy atom. The van der Waals surface area contributed by atoms with Crippen LogP contribution in [0.2, 0.25) is 5.02 Å². The van der Waals surface area contributed by atoms with Crippen molar-refractivity contribution in [3.05, 3.63) is 29.3 Å². The number of benzene rings is 1. The quantitative estimate of drug-likeness (QED) is 0.894. The van der Waals surface area contributed by atoms with Gasteiger partial charge in [-0.25, -0.2) is 0 Å². The van der Waals surface area contributed by atoms with Crippen LogP contribution in [0.25, 0.3) is 0 Å². The highest BCUT2D eigenvalue weighted by Crippen LogP contribution is 2.30. The number of amides is 2. The van der Waals surface area contributed by atoms with Gasteiger partial charge < -0.3 is 15.1 Å². The number of likely N-dealkylation sites (N-methyl/N-ethyl adjacent to an activating group) is 1. The largest absolute Gasteiger partial charge is 0.355 e. The van der Waals surface area contributed by atoms with Crippen LogP contribution in [-0.4, -0.2) is 50.4 Å². The summed E-state index contributed by atoms with van der Waals surface area (Å²) in [5, 5.41) is 3.40. The third-order valence-electron chi connectivity index (χ3n) is 3.50. The maximum absolute atomic E-state index is 12.1. The molecule has 5 nitrogen and oxygen atoms in total. The lowest BCUT2D eigenvalue weighted by Gasteiger charge is -2.18. The number of nitrogens with zero attached hydrogens (tertiary/aromatic N) is 2. The van der Waals surface area contributed by atoms with Gasteiger partial charge in [0, 0.05) is 26.1 Å². The number of rotatable bonds is 5. The topological polar surface area (TPSA) is 52.7 Å². The highest BCUT2D eigenvalue weighted by Gasteiger charge is 2.35. The lowest BCUT2D eigenvalue weighted by atomic mass is 10.1. The molecule has 1 fully saturated rings. The second-order valence-corrected chi connectivity index (χ2v) is 5.86. The fraction of sp³-hybridized carbons (Fsp3) is 0.467. The van der Waals surface area contributed by atoms with Gasteiger partial charge in [-0.15, -0.1) is 0 Å². The zero-order valence-electron chi connectivity index (χ0n) is 12.3. The van der Waals surface area contributed by atoms with Crippen molar-refractivity contribution in [2.24, 2.45) is 5.92 Å². The highest BCUT2D eigenvalue weighted by atomic mass is 35.5. The Kier molecular flexibility index (Phi) is 5.20. The second kappa shape index (κ2) is 6.91. The van der Waals surface area contributed by atoms with Crippen LogP contribution < -0.4 is 10.2 Å². The molecule has 1 aromatic carbocycles. The van der Waals surface area contributed by atoms with E-state index < -0.39 is 0 Å². The van der Waals surface area contributed by atoms with Crippen LogP contribution in [0.3, 0.4) is 0 Å². The zero-order valence-corrected chi connectivity index (χ0v) is 13.1. The SMILES string of the molecule is CN(C)CCNC(=O)C1CC(=O)N(c2ccccc2Cl)C1. The van der Waals surface area contributed by atoms with Gasteiger partial charge in [0.15, 0.2) is 0 Å². The molecule has 1 N–H and O–H groups in total. The summed E-state index contributed by atoms with van der Waals surface area (Å²) in [6, 6.07) is 7.19. The van der Waals surface area contributed by atoms with Gasteiger partial charge in [0.05, 0.1) is 16.6 Å². The standard InChI is InChI=1S/C15H20ClN3O2/c1-18(2)8-7-17-15(21)11-9-14(20)19(10-11)13-6-4-3-5-12(13)16/h3-6,11H,7-10H2,1-2H3,(H,17,21). The van der Waals surface area contributed by atoms with E-state index in [2.05, 4.69) is 5.32 Å². The van der Waals surface area contributed by atoms with Crippen molar-refractivity contribution in [2.75, 3.05) is 38.6 Å². The van der Waals surface area contributed by atoms with Crippen LogP contribution in [0, 0.1) is 5.92 Å². The minimum absolute atomic E-state index is 0.0594. The smallest absolute Gasteiger partial charge is 0.227 e. The predicted molar refractivity (Wildman–Crippen MR) is 83.5 cm³/mol. The van der Waals surface area contributed by atoms with Gasteiger partial charge in [-0.05, 0) is 26.2 Å². The number of carbonyl (C=O) groups is 2. The maximum atomic E-state index is 12.1. The average molecular weight is 310 g/mol. The van der Waals surface area contributed by atoms with Gasteiger partial charge in [-0.1, -0.05) is 23.7 Å². The molecule has 0 saturated carbocycles. The second-order valence-electron chi connectivity index (χ2n) is 5.45. The highest BCUT2D eigenvalue weighted by molar-refractivity contribution is 6.33. The third kappa shape index (κ3) is 3.95. The summed E-state index contributed by atoms with van der Waals surface area (Å²) in [7, 11) is 3.90. The Morgan fingerprint density at radius 1 is 1.43 bits per heavy atom. The molecule has 0 radical (unpaired) electrons. The predicted octanol–water partition coefficient (Wildman–Crippen LogP) is 1.37. The molecule has 0 spiro atoms. The van der Waals surface area contributed by atoms with Crippen LogP contribution >= 0.6 is 11.6 Å². The molecule has 1 aliphatic heterocycles. The molecule has 0 bridgehead atoms. The molecule has 1 unspecified atom stereocenters. The van der Waals surface area contributed by atoms with Gasteiger partial charge in [0.1, 0.15) is 0 Å². The normalized spacial score (nSPS) is 18.4.